The fraction of sp³-hybridized carbons (Fsp3) is 0.276. The van der Waals surface area contributed by atoms with Gasteiger partial charge in [-0.25, -0.2) is 0 Å². The second-order valence-corrected chi connectivity index (χ2v) is 9.30. The fourth-order valence-electron chi connectivity index (χ4n) is 5.69. The zero-order valence-electron chi connectivity index (χ0n) is 19.5. The maximum Gasteiger partial charge on any atom is 0.254 e. The zero-order valence-corrected chi connectivity index (χ0v) is 19.5. The Hall–Kier alpha value is -3.93. The van der Waals surface area contributed by atoms with Crippen molar-refractivity contribution in [2.24, 2.45) is 28.8 Å². The number of fused-ring (bicyclic) bond motifs is 6. The molecule has 4 atom stereocenters. The van der Waals surface area contributed by atoms with Crippen LogP contribution in [0.2, 0.25) is 0 Å². The van der Waals surface area contributed by atoms with Gasteiger partial charge in [-0.2, -0.15) is 10.1 Å². The van der Waals surface area contributed by atoms with E-state index in [1.165, 1.54) is 5.39 Å². The van der Waals surface area contributed by atoms with Crippen molar-refractivity contribution in [2.45, 2.75) is 20.0 Å². The number of allylic oxidation sites excluding steroid dienone is 2. The number of nitrogens with zero attached hydrogens (tertiary/aromatic N) is 2. The third-order valence-corrected chi connectivity index (χ3v) is 7.30. The first-order chi connectivity index (χ1) is 17.1. The van der Waals surface area contributed by atoms with E-state index in [9.17, 15) is 9.59 Å². The molecule has 2 fully saturated rings. The van der Waals surface area contributed by atoms with Crippen LogP contribution in [0.25, 0.3) is 10.8 Å². The molecule has 2 aliphatic carbocycles. The summed E-state index contributed by atoms with van der Waals surface area (Å²) in [6, 6.07) is 19.9. The Balaban J connectivity index is 1.20. The topological polar surface area (TPSA) is 68.2 Å². The molecule has 6 rings (SSSR count). The summed E-state index contributed by atoms with van der Waals surface area (Å²) in [4.78, 5) is 25.7. The van der Waals surface area contributed by atoms with Crippen molar-refractivity contribution < 1.29 is 19.1 Å². The lowest BCUT2D eigenvalue weighted by atomic mass is 9.85. The minimum Gasteiger partial charge on any atom is -0.490 e. The Kier molecular flexibility index (Phi) is 5.36. The molecule has 1 saturated heterocycles. The van der Waals surface area contributed by atoms with Gasteiger partial charge in [-0.3, -0.25) is 9.59 Å². The summed E-state index contributed by atoms with van der Waals surface area (Å²) in [6.45, 7) is 2.80. The number of carbonyl (C=O) groups is 2. The van der Waals surface area contributed by atoms with E-state index < -0.39 is 0 Å². The summed E-state index contributed by atoms with van der Waals surface area (Å²) < 4.78 is 12.0. The van der Waals surface area contributed by atoms with Gasteiger partial charge < -0.3 is 9.47 Å². The Labute approximate surface area is 203 Å². The first kappa shape index (κ1) is 21.6. The predicted molar refractivity (Wildman–Crippen MR) is 133 cm³/mol. The predicted octanol–water partition coefficient (Wildman–Crippen LogP) is 4.96. The molecular weight excluding hydrogens is 440 g/mol. The maximum atomic E-state index is 12.9. The number of rotatable bonds is 7. The van der Waals surface area contributed by atoms with E-state index >= 15 is 0 Å². The van der Waals surface area contributed by atoms with E-state index in [2.05, 4.69) is 41.5 Å². The van der Waals surface area contributed by atoms with Gasteiger partial charge in [0.1, 0.15) is 6.61 Å². The van der Waals surface area contributed by atoms with E-state index in [0.29, 0.717) is 24.7 Å². The molecule has 1 saturated carbocycles. The van der Waals surface area contributed by atoms with Gasteiger partial charge in [0.05, 0.1) is 24.7 Å². The van der Waals surface area contributed by atoms with Crippen LogP contribution in [0.4, 0.5) is 0 Å². The quantitative estimate of drug-likeness (QED) is 0.280. The summed E-state index contributed by atoms with van der Waals surface area (Å²) in [6.07, 6.45) is 6.61. The van der Waals surface area contributed by atoms with Gasteiger partial charge in [-0.15, -0.1) is 0 Å². The highest BCUT2D eigenvalue weighted by molar-refractivity contribution is 6.06. The highest BCUT2D eigenvalue weighted by Crippen LogP contribution is 2.52. The minimum absolute atomic E-state index is 0.171. The summed E-state index contributed by atoms with van der Waals surface area (Å²) in [5, 5.41) is 7.67. The third-order valence-electron chi connectivity index (χ3n) is 7.30. The van der Waals surface area contributed by atoms with Crippen LogP contribution < -0.4 is 9.47 Å². The van der Waals surface area contributed by atoms with Crippen molar-refractivity contribution in [3.63, 3.8) is 0 Å². The normalized spacial score (nSPS) is 24.7. The molecule has 2 bridgehead atoms. The highest BCUT2D eigenvalue weighted by Gasteiger charge is 2.59. The monoisotopic (exact) mass is 466 g/mol. The zero-order chi connectivity index (χ0) is 23.9. The summed E-state index contributed by atoms with van der Waals surface area (Å²) in [5.41, 5.74) is 1.82. The number of imide groups is 1. The Morgan fingerprint density at radius 1 is 0.914 bits per heavy atom. The molecule has 0 radical (unpaired) electrons. The van der Waals surface area contributed by atoms with Crippen molar-refractivity contribution in [3.05, 3.63) is 83.9 Å². The third kappa shape index (κ3) is 3.70. The van der Waals surface area contributed by atoms with Crippen molar-refractivity contribution >= 4 is 28.8 Å². The van der Waals surface area contributed by atoms with Crippen LogP contribution in [0.1, 0.15) is 24.5 Å². The number of hydrazone groups is 1. The number of amides is 2. The average Bonchev–Trinajstić information content (AvgIpc) is 3.56. The first-order valence-corrected chi connectivity index (χ1v) is 12.1. The van der Waals surface area contributed by atoms with Gasteiger partial charge in [-0.1, -0.05) is 54.6 Å². The molecule has 0 aromatic heterocycles. The molecule has 0 N–H and O–H groups in total. The molecule has 0 unspecified atom stereocenters. The molecule has 0 spiro atoms. The van der Waals surface area contributed by atoms with Crippen molar-refractivity contribution in [2.75, 3.05) is 6.61 Å². The van der Waals surface area contributed by atoms with Gasteiger partial charge in [0.2, 0.25) is 0 Å². The lowest BCUT2D eigenvalue weighted by Gasteiger charge is -2.14. The number of hydrogen-bond donors (Lipinski definition) is 0. The van der Waals surface area contributed by atoms with Crippen molar-refractivity contribution in [1.82, 2.24) is 5.01 Å². The van der Waals surface area contributed by atoms with Gasteiger partial charge in [0.25, 0.3) is 11.8 Å². The standard InChI is InChI=1S/C29H26N2O4/c1-2-34-25-14-18(16-30-31-28(32)26-20-11-12-21(15-20)27(26)29(31)33)10-13-24(25)35-17-22-8-5-7-19-6-3-4-9-23(19)22/h3-14,16,20-21,26-27H,2,15,17H2,1H3/t20-,21-,26-,27+/m0/s1. The lowest BCUT2D eigenvalue weighted by Crippen LogP contribution is -2.28. The van der Waals surface area contributed by atoms with Crippen molar-refractivity contribution in [3.8, 4) is 11.5 Å². The van der Waals surface area contributed by atoms with Gasteiger partial charge in [0.15, 0.2) is 11.5 Å². The molecule has 6 nitrogen and oxygen atoms in total. The summed E-state index contributed by atoms with van der Waals surface area (Å²) in [5.74, 6) is 0.685. The number of benzene rings is 3. The van der Waals surface area contributed by atoms with E-state index in [4.69, 9.17) is 9.47 Å². The van der Waals surface area contributed by atoms with Crippen LogP contribution in [0.5, 0.6) is 11.5 Å². The molecule has 2 amide bonds. The van der Waals surface area contributed by atoms with Crippen LogP contribution in [0.3, 0.4) is 0 Å². The first-order valence-electron chi connectivity index (χ1n) is 12.1. The molecular formula is C29H26N2O4. The SMILES string of the molecule is CCOc1cc(C=NN2C(=O)[C@@H]3[C@H](C2=O)[C@H]2C=C[C@H]3C2)ccc1OCc1cccc2ccccc12. The molecule has 35 heavy (non-hydrogen) atoms. The van der Waals surface area contributed by atoms with Crippen LogP contribution in [0.15, 0.2) is 77.9 Å². The van der Waals surface area contributed by atoms with Gasteiger partial charge in [-0.05, 0) is 65.3 Å². The van der Waals surface area contributed by atoms with Crippen LogP contribution >= 0.6 is 0 Å². The second-order valence-electron chi connectivity index (χ2n) is 9.30. The fourth-order valence-corrected chi connectivity index (χ4v) is 5.69. The lowest BCUT2D eigenvalue weighted by molar-refractivity contribution is -0.140. The Morgan fingerprint density at radius 2 is 1.66 bits per heavy atom. The van der Waals surface area contributed by atoms with E-state index in [-0.39, 0.29) is 35.5 Å². The van der Waals surface area contributed by atoms with Crippen molar-refractivity contribution in [1.29, 1.82) is 0 Å². The van der Waals surface area contributed by atoms with E-state index in [0.717, 1.165) is 27.9 Å². The molecule has 176 valence electrons. The smallest absolute Gasteiger partial charge is 0.254 e. The second kappa shape index (κ2) is 8.69. The number of carbonyl (C=O) groups excluding carboxylic acids is 2. The molecule has 1 heterocycles. The summed E-state index contributed by atoms with van der Waals surface area (Å²) >= 11 is 0. The van der Waals surface area contributed by atoms with Crippen LogP contribution in [-0.2, 0) is 16.2 Å². The Bertz CT molecular complexity index is 1340. The minimum atomic E-state index is -0.251. The van der Waals surface area contributed by atoms with E-state index in [1.54, 1.807) is 6.21 Å². The Morgan fingerprint density at radius 3 is 2.43 bits per heavy atom. The molecule has 3 aliphatic rings. The van der Waals surface area contributed by atoms with Crippen LogP contribution in [-0.4, -0.2) is 29.6 Å². The molecule has 1 aliphatic heterocycles. The molecule has 6 heteroatoms. The summed E-state index contributed by atoms with van der Waals surface area (Å²) in [7, 11) is 0. The number of ether oxygens (including phenoxy) is 2. The van der Waals surface area contributed by atoms with Gasteiger partial charge in [0, 0.05) is 0 Å². The molecule has 3 aromatic carbocycles. The van der Waals surface area contributed by atoms with Crippen LogP contribution in [0, 0.1) is 23.7 Å². The highest BCUT2D eigenvalue weighted by atomic mass is 16.5. The van der Waals surface area contributed by atoms with E-state index in [1.807, 2.05) is 43.3 Å². The largest absolute Gasteiger partial charge is 0.490 e. The number of hydrogen-bond acceptors (Lipinski definition) is 5. The maximum absolute atomic E-state index is 12.9. The molecule has 3 aromatic rings. The average molecular weight is 467 g/mol. The van der Waals surface area contributed by atoms with Gasteiger partial charge >= 0.3 is 0 Å².